The molecule has 2 heteroatoms. The summed E-state index contributed by atoms with van der Waals surface area (Å²) in [5.74, 6) is 0. The Labute approximate surface area is 346 Å². The van der Waals surface area contributed by atoms with Crippen LogP contribution in [0.2, 0.25) is 0 Å². The van der Waals surface area contributed by atoms with Crippen LogP contribution in [0.1, 0.15) is 31.4 Å². The van der Waals surface area contributed by atoms with Gasteiger partial charge in [-0.3, -0.25) is 0 Å². The molecule has 0 fully saturated rings. The van der Waals surface area contributed by atoms with Gasteiger partial charge in [0, 0.05) is 44.3 Å². The zero-order valence-corrected chi connectivity index (χ0v) is 33.4. The normalized spacial score (nSPS) is 13.3. The number of nitrogens with zero attached hydrogens (tertiary/aromatic N) is 2. The van der Waals surface area contributed by atoms with Crippen molar-refractivity contribution in [3.63, 3.8) is 0 Å². The molecular formula is C57H44N2. The maximum Gasteiger partial charge on any atom is 0.0546 e. The van der Waals surface area contributed by atoms with E-state index in [-0.39, 0.29) is 5.41 Å². The maximum atomic E-state index is 2.57. The summed E-state index contributed by atoms with van der Waals surface area (Å²) in [6, 6.07) is 75.8. The molecule has 0 radical (unpaired) electrons. The van der Waals surface area contributed by atoms with E-state index in [2.05, 4.69) is 230 Å². The van der Waals surface area contributed by atoms with Gasteiger partial charge in [0.2, 0.25) is 0 Å². The Kier molecular flexibility index (Phi) is 8.34. The molecule has 0 aromatic heterocycles. The summed E-state index contributed by atoms with van der Waals surface area (Å²) in [4.78, 5) is 4.94. The van der Waals surface area contributed by atoms with Crippen molar-refractivity contribution in [2.45, 2.75) is 32.1 Å². The van der Waals surface area contributed by atoms with E-state index in [9.17, 15) is 0 Å². The van der Waals surface area contributed by atoms with E-state index in [1.807, 2.05) is 0 Å². The summed E-state index contributed by atoms with van der Waals surface area (Å²) >= 11 is 0. The quantitative estimate of drug-likeness (QED) is 0.142. The van der Waals surface area contributed by atoms with Gasteiger partial charge in [-0.1, -0.05) is 147 Å². The van der Waals surface area contributed by atoms with E-state index < -0.39 is 0 Å². The third-order valence-corrected chi connectivity index (χ3v) is 12.6. The molecule has 59 heavy (non-hydrogen) atoms. The van der Waals surface area contributed by atoms with Gasteiger partial charge in [-0.15, -0.1) is 0 Å². The van der Waals surface area contributed by atoms with Crippen molar-refractivity contribution in [3.8, 4) is 22.3 Å². The number of anilines is 6. The summed E-state index contributed by atoms with van der Waals surface area (Å²) in [7, 11) is 0. The molecule has 2 nitrogen and oxygen atoms in total. The Bertz CT molecular complexity index is 3020. The lowest BCUT2D eigenvalue weighted by Crippen LogP contribution is -2.24. The lowest BCUT2D eigenvalue weighted by atomic mass is 9.70. The molecule has 1 aliphatic carbocycles. The second-order valence-corrected chi connectivity index (χ2v) is 16.6. The molecule has 0 saturated heterocycles. The van der Waals surface area contributed by atoms with Crippen LogP contribution in [0.5, 0.6) is 0 Å². The summed E-state index contributed by atoms with van der Waals surface area (Å²) in [6.07, 6.45) is 2.11. The first-order valence-corrected chi connectivity index (χ1v) is 20.8. The average Bonchev–Trinajstić information content (AvgIpc) is 3.29. The molecule has 0 N–H and O–H groups in total. The molecule has 10 aromatic carbocycles. The van der Waals surface area contributed by atoms with Crippen molar-refractivity contribution in [3.05, 3.63) is 217 Å². The summed E-state index contributed by atoms with van der Waals surface area (Å²) in [5.41, 5.74) is 14.7. The van der Waals surface area contributed by atoms with E-state index in [1.165, 1.54) is 77.1 Å². The molecule has 1 aliphatic rings. The number of hydrogen-bond donors (Lipinski definition) is 0. The Morgan fingerprint density at radius 1 is 0.373 bits per heavy atom. The number of hydrogen-bond acceptors (Lipinski definition) is 2. The molecule has 282 valence electrons. The first-order valence-electron chi connectivity index (χ1n) is 20.8. The summed E-state index contributed by atoms with van der Waals surface area (Å²) < 4.78 is 0. The van der Waals surface area contributed by atoms with Gasteiger partial charge < -0.3 is 9.80 Å². The van der Waals surface area contributed by atoms with Gasteiger partial charge in [-0.05, 0) is 135 Å². The molecule has 0 amide bonds. The number of benzene rings is 10. The Morgan fingerprint density at radius 2 is 0.847 bits per heavy atom. The van der Waals surface area contributed by atoms with Crippen LogP contribution in [-0.4, -0.2) is 0 Å². The average molecular weight is 757 g/mol. The van der Waals surface area contributed by atoms with Crippen LogP contribution in [0.4, 0.5) is 34.1 Å². The SMILES string of the molecule is CC1(C)CCc2cc(N(c3ccccc3)c3ccccc3)c3ccc4c(-c5cccc(-c6ccccc6)c5)cc(N(c5ccccc5)c5ccccc5)c5cc1c2c3c45. The standard InChI is InChI=1S/C57H44N2/c1-57(2)34-33-42-36-52(58(43-23-10-4-11-24-43)44-25-12-5-13-26-44)48-32-31-47-49(41-22-18-21-40(35-41)39-19-8-3-9-20-39)38-53(50-37-51(57)54(42)56(48)55(47)50)59(45-27-14-6-15-28-45)46-29-16-7-17-30-46/h3-32,35-38H,33-34H2,1-2H3. The fourth-order valence-corrected chi connectivity index (χ4v) is 9.73. The smallest absolute Gasteiger partial charge is 0.0546 e. The number of para-hydroxylation sites is 4. The highest BCUT2D eigenvalue weighted by Gasteiger charge is 2.34. The maximum absolute atomic E-state index is 2.57. The second kappa shape index (κ2) is 14.0. The minimum Gasteiger partial charge on any atom is -0.310 e. The zero-order chi connectivity index (χ0) is 39.5. The molecule has 0 bridgehead atoms. The van der Waals surface area contributed by atoms with Crippen LogP contribution in [-0.2, 0) is 11.8 Å². The van der Waals surface area contributed by atoms with Crippen molar-refractivity contribution in [2.75, 3.05) is 9.80 Å². The van der Waals surface area contributed by atoms with Crippen LogP contribution in [0.25, 0.3) is 54.6 Å². The van der Waals surface area contributed by atoms with Crippen LogP contribution < -0.4 is 9.80 Å². The van der Waals surface area contributed by atoms with Crippen molar-refractivity contribution in [2.24, 2.45) is 0 Å². The second-order valence-electron chi connectivity index (χ2n) is 16.6. The number of rotatable bonds is 8. The molecule has 0 heterocycles. The molecule has 0 saturated carbocycles. The van der Waals surface area contributed by atoms with Gasteiger partial charge in [0.25, 0.3) is 0 Å². The Hall–Kier alpha value is -7.16. The van der Waals surface area contributed by atoms with E-state index in [0.717, 1.165) is 35.6 Å². The van der Waals surface area contributed by atoms with Crippen molar-refractivity contribution in [1.29, 1.82) is 0 Å². The lowest BCUT2D eigenvalue weighted by Gasteiger charge is -2.37. The zero-order valence-electron chi connectivity index (χ0n) is 33.4. The van der Waals surface area contributed by atoms with E-state index in [1.54, 1.807) is 0 Å². The predicted octanol–water partition coefficient (Wildman–Crippen LogP) is 16.1. The van der Waals surface area contributed by atoms with E-state index in [0.29, 0.717) is 0 Å². The van der Waals surface area contributed by atoms with Crippen molar-refractivity contribution in [1.82, 2.24) is 0 Å². The summed E-state index contributed by atoms with van der Waals surface area (Å²) in [6.45, 7) is 4.89. The monoisotopic (exact) mass is 756 g/mol. The van der Waals surface area contributed by atoms with Gasteiger partial charge in [0.05, 0.1) is 11.4 Å². The molecule has 0 spiro atoms. The van der Waals surface area contributed by atoms with Gasteiger partial charge in [0.15, 0.2) is 0 Å². The molecule has 11 rings (SSSR count). The fourth-order valence-electron chi connectivity index (χ4n) is 9.73. The topological polar surface area (TPSA) is 6.48 Å². The van der Waals surface area contributed by atoms with Gasteiger partial charge in [-0.25, -0.2) is 0 Å². The first-order chi connectivity index (χ1) is 29.0. The Morgan fingerprint density at radius 3 is 1.41 bits per heavy atom. The highest BCUT2D eigenvalue weighted by atomic mass is 15.1. The summed E-state index contributed by atoms with van der Waals surface area (Å²) in [5, 5.41) is 7.90. The van der Waals surface area contributed by atoms with Crippen LogP contribution in [0.15, 0.2) is 206 Å². The van der Waals surface area contributed by atoms with Crippen LogP contribution in [0, 0.1) is 0 Å². The minimum absolute atomic E-state index is 0.00979. The van der Waals surface area contributed by atoms with Crippen LogP contribution >= 0.6 is 0 Å². The molecule has 0 unspecified atom stereocenters. The number of aryl methyl sites for hydroxylation is 1. The van der Waals surface area contributed by atoms with Crippen molar-refractivity contribution < 1.29 is 0 Å². The molecule has 10 aromatic rings. The van der Waals surface area contributed by atoms with Crippen molar-refractivity contribution >= 4 is 66.4 Å². The highest BCUT2D eigenvalue weighted by Crippen LogP contribution is 2.54. The molecular weight excluding hydrogens is 713 g/mol. The van der Waals surface area contributed by atoms with Gasteiger partial charge in [-0.2, -0.15) is 0 Å². The van der Waals surface area contributed by atoms with E-state index in [4.69, 9.17) is 0 Å². The first kappa shape index (κ1) is 35.0. The molecule has 0 atom stereocenters. The van der Waals surface area contributed by atoms with Gasteiger partial charge >= 0.3 is 0 Å². The lowest BCUT2D eigenvalue weighted by molar-refractivity contribution is 0.475. The van der Waals surface area contributed by atoms with E-state index >= 15 is 0 Å². The van der Waals surface area contributed by atoms with Crippen LogP contribution in [0.3, 0.4) is 0 Å². The fraction of sp³-hybridized carbons (Fsp3) is 0.0877. The third kappa shape index (κ3) is 5.86. The molecule has 0 aliphatic heterocycles. The minimum atomic E-state index is -0.00979. The third-order valence-electron chi connectivity index (χ3n) is 12.6. The Balaban J connectivity index is 1.31. The predicted molar refractivity (Wildman–Crippen MR) is 252 cm³/mol. The largest absolute Gasteiger partial charge is 0.310 e. The highest BCUT2D eigenvalue weighted by molar-refractivity contribution is 6.32. The van der Waals surface area contributed by atoms with Gasteiger partial charge in [0.1, 0.15) is 0 Å².